The van der Waals surface area contributed by atoms with Crippen LogP contribution in [0.5, 0.6) is 0 Å². The second kappa shape index (κ2) is 5.78. The Labute approximate surface area is 109 Å². The maximum atomic E-state index is 12.9. The molecule has 0 spiro atoms. The zero-order valence-electron chi connectivity index (χ0n) is 10.2. The first-order valence-electron chi connectivity index (χ1n) is 5.88. The molecule has 0 fully saturated rings. The van der Waals surface area contributed by atoms with Crippen LogP contribution in [0.4, 0.5) is 13.2 Å². The highest BCUT2D eigenvalue weighted by molar-refractivity contribution is 5.35. The van der Waals surface area contributed by atoms with Crippen LogP contribution in [0.3, 0.4) is 0 Å². The van der Waals surface area contributed by atoms with E-state index in [1.807, 2.05) is 30.3 Å². The minimum absolute atomic E-state index is 0.119. The van der Waals surface area contributed by atoms with Crippen molar-refractivity contribution in [3.8, 4) is 0 Å². The molecule has 0 saturated carbocycles. The molecule has 0 heterocycles. The largest absolute Gasteiger partial charge is 0.488 e. The number of ether oxygens (including phenoxy) is 1. The summed E-state index contributed by atoms with van der Waals surface area (Å²) in [7, 11) is 0. The zero-order valence-corrected chi connectivity index (χ0v) is 10.2. The molecule has 1 nitrogen and oxygen atoms in total. The van der Waals surface area contributed by atoms with Gasteiger partial charge in [-0.05, 0) is 24.1 Å². The lowest BCUT2D eigenvalue weighted by Crippen LogP contribution is -2.13. The predicted octanol–water partition coefficient (Wildman–Crippen LogP) is 4.54. The van der Waals surface area contributed by atoms with E-state index >= 15 is 0 Å². The fourth-order valence-corrected chi connectivity index (χ4v) is 1.71. The lowest BCUT2D eigenvalue weighted by atomic mass is 10.2. The summed E-state index contributed by atoms with van der Waals surface area (Å²) >= 11 is 0. The SMILES string of the molecule is FC(F)(F)C1=C(OCc2ccccc2)C=CCC=C1. The molecule has 19 heavy (non-hydrogen) atoms. The Bertz CT molecular complexity index is 510. The third-order valence-electron chi connectivity index (χ3n) is 2.63. The first-order valence-corrected chi connectivity index (χ1v) is 5.88. The van der Waals surface area contributed by atoms with Gasteiger partial charge in [0.1, 0.15) is 12.4 Å². The van der Waals surface area contributed by atoms with Gasteiger partial charge in [0.25, 0.3) is 0 Å². The number of halogens is 3. The lowest BCUT2D eigenvalue weighted by Gasteiger charge is -2.13. The van der Waals surface area contributed by atoms with E-state index in [0.29, 0.717) is 6.42 Å². The van der Waals surface area contributed by atoms with Gasteiger partial charge in [-0.25, -0.2) is 0 Å². The van der Waals surface area contributed by atoms with Gasteiger partial charge in [-0.3, -0.25) is 0 Å². The van der Waals surface area contributed by atoms with E-state index in [-0.39, 0.29) is 12.4 Å². The van der Waals surface area contributed by atoms with Crippen molar-refractivity contribution < 1.29 is 17.9 Å². The molecule has 0 unspecified atom stereocenters. The summed E-state index contributed by atoms with van der Waals surface area (Å²) < 4.78 is 43.9. The number of allylic oxidation sites excluding steroid dienone is 5. The zero-order chi connectivity index (χ0) is 13.7. The molecule has 0 saturated heterocycles. The van der Waals surface area contributed by atoms with Crippen LogP contribution >= 0.6 is 0 Å². The Morgan fingerprint density at radius 2 is 1.68 bits per heavy atom. The van der Waals surface area contributed by atoms with Gasteiger partial charge < -0.3 is 4.74 Å². The van der Waals surface area contributed by atoms with Crippen molar-refractivity contribution in [1.82, 2.24) is 0 Å². The van der Waals surface area contributed by atoms with E-state index < -0.39 is 11.7 Å². The van der Waals surface area contributed by atoms with E-state index in [4.69, 9.17) is 4.74 Å². The summed E-state index contributed by atoms with van der Waals surface area (Å²) in [4.78, 5) is 0. The quantitative estimate of drug-likeness (QED) is 0.780. The van der Waals surface area contributed by atoms with Crippen LogP contribution < -0.4 is 0 Å². The van der Waals surface area contributed by atoms with E-state index in [2.05, 4.69) is 0 Å². The van der Waals surface area contributed by atoms with E-state index in [0.717, 1.165) is 11.6 Å². The Morgan fingerprint density at radius 3 is 2.37 bits per heavy atom. The average molecular weight is 266 g/mol. The molecule has 2 rings (SSSR count). The fourth-order valence-electron chi connectivity index (χ4n) is 1.71. The molecule has 1 aliphatic rings. The van der Waals surface area contributed by atoms with Crippen LogP contribution in [0.15, 0.2) is 66.0 Å². The van der Waals surface area contributed by atoms with Gasteiger partial charge in [0, 0.05) is 0 Å². The molecule has 0 N–H and O–H groups in total. The maximum absolute atomic E-state index is 12.9. The summed E-state index contributed by atoms with van der Waals surface area (Å²) in [6.45, 7) is 0.119. The minimum Gasteiger partial charge on any atom is -0.488 e. The first-order chi connectivity index (χ1) is 9.07. The molecule has 0 radical (unpaired) electrons. The molecule has 0 aromatic heterocycles. The summed E-state index contributed by atoms with van der Waals surface area (Å²) in [6.07, 6.45) is 1.63. The fraction of sp³-hybridized carbons (Fsp3) is 0.200. The van der Waals surface area contributed by atoms with Crippen LogP contribution in [0.2, 0.25) is 0 Å². The van der Waals surface area contributed by atoms with Crippen LogP contribution in [-0.2, 0) is 11.3 Å². The van der Waals surface area contributed by atoms with Crippen molar-refractivity contribution >= 4 is 0 Å². The van der Waals surface area contributed by atoms with Crippen LogP contribution in [-0.4, -0.2) is 6.18 Å². The van der Waals surface area contributed by atoms with Crippen molar-refractivity contribution in [3.05, 3.63) is 71.5 Å². The molecular formula is C15H13F3O. The number of benzene rings is 1. The van der Waals surface area contributed by atoms with Crippen molar-refractivity contribution in [1.29, 1.82) is 0 Å². The minimum atomic E-state index is -4.41. The highest BCUT2D eigenvalue weighted by Gasteiger charge is 2.35. The Morgan fingerprint density at radius 1 is 1.00 bits per heavy atom. The van der Waals surface area contributed by atoms with Crippen LogP contribution in [0.25, 0.3) is 0 Å². The summed E-state index contributed by atoms with van der Waals surface area (Å²) in [5, 5.41) is 0. The van der Waals surface area contributed by atoms with Gasteiger partial charge in [0.05, 0.1) is 5.57 Å². The Hall–Kier alpha value is -1.97. The summed E-state index contributed by atoms with van der Waals surface area (Å²) in [5.74, 6) is -0.134. The smallest absolute Gasteiger partial charge is 0.419 e. The maximum Gasteiger partial charge on any atom is 0.419 e. The normalized spacial score (nSPS) is 15.5. The van der Waals surface area contributed by atoms with Gasteiger partial charge in [-0.2, -0.15) is 13.2 Å². The highest BCUT2D eigenvalue weighted by atomic mass is 19.4. The first kappa shape index (κ1) is 13.5. The monoisotopic (exact) mass is 266 g/mol. The van der Waals surface area contributed by atoms with E-state index in [1.54, 1.807) is 6.08 Å². The second-order valence-corrected chi connectivity index (χ2v) is 4.09. The Kier molecular flexibility index (Phi) is 4.10. The average Bonchev–Trinajstić information content (AvgIpc) is 2.62. The van der Waals surface area contributed by atoms with Crippen molar-refractivity contribution in [2.24, 2.45) is 0 Å². The van der Waals surface area contributed by atoms with Gasteiger partial charge in [-0.15, -0.1) is 0 Å². The third-order valence-corrected chi connectivity index (χ3v) is 2.63. The molecule has 4 heteroatoms. The topological polar surface area (TPSA) is 9.23 Å². The van der Waals surface area contributed by atoms with Crippen molar-refractivity contribution in [3.63, 3.8) is 0 Å². The second-order valence-electron chi connectivity index (χ2n) is 4.09. The standard InChI is InChI=1S/C15H13F3O/c16-15(17,18)13-9-5-2-6-10-14(13)19-11-12-7-3-1-4-8-12/h1,3-10H,2,11H2. The summed E-state index contributed by atoms with van der Waals surface area (Å²) in [5.41, 5.74) is 0.0929. The van der Waals surface area contributed by atoms with Gasteiger partial charge in [-0.1, -0.05) is 42.5 Å². The molecule has 1 aromatic carbocycles. The van der Waals surface area contributed by atoms with Crippen LogP contribution in [0, 0.1) is 0 Å². The van der Waals surface area contributed by atoms with Crippen molar-refractivity contribution in [2.75, 3.05) is 0 Å². The molecule has 0 amide bonds. The molecule has 0 atom stereocenters. The molecule has 1 aliphatic carbocycles. The predicted molar refractivity (Wildman–Crippen MR) is 67.2 cm³/mol. The van der Waals surface area contributed by atoms with Gasteiger partial charge in [0.2, 0.25) is 0 Å². The molecule has 100 valence electrons. The Balaban J connectivity index is 2.19. The third kappa shape index (κ3) is 3.74. The van der Waals surface area contributed by atoms with Gasteiger partial charge >= 0.3 is 6.18 Å². The number of rotatable bonds is 3. The number of hydrogen-bond donors (Lipinski definition) is 0. The summed E-state index contributed by atoms with van der Waals surface area (Å²) in [6, 6.07) is 9.10. The molecular weight excluding hydrogens is 253 g/mol. The van der Waals surface area contributed by atoms with Gasteiger partial charge in [0.15, 0.2) is 0 Å². The highest BCUT2D eigenvalue weighted by Crippen LogP contribution is 2.32. The molecule has 1 aromatic rings. The van der Waals surface area contributed by atoms with Crippen LogP contribution in [0.1, 0.15) is 12.0 Å². The number of alkyl halides is 3. The van der Waals surface area contributed by atoms with E-state index in [1.165, 1.54) is 12.2 Å². The number of hydrogen-bond acceptors (Lipinski definition) is 1. The van der Waals surface area contributed by atoms with E-state index in [9.17, 15) is 13.2 Å². The molecule has 0 aliphatic heterocycles. The molecule has 0 bridgehead atoms. The van der Waals surface area contributed by atoms with Crippen molar-refractivity contribution in [2.45, 2.75) is 19.2 Å². The lowest BCUT2D eigenvalue weighted by molar-refractivity contribution is -0.0914.